The third kappa shape index (κ3) is 3.07. The van der Waals surface area contributed by atoms with Gasteiger partial charge in [0.05, 0.1) is 21.3 Å². The molecule has 0 spiro atoms. The average molecular weight is 298 g/mol. The number of nitrogens with zero attached hydrogens (tertiary/aromatic N) is 1. The standard InChI is InChI=1S/C12H9Cl2N3O2/c13-6-3-10(15)11(16-5-6)17-7-1-2-9(14)8(4-7)12(18)19/h1-5H,15H2,(H,16,17)(H,18,19). The van der Waals surface area contributed by atoms with Gasteiger partial charge in [-0.1, -0.05) is 23.2 Å². The van der Waals surface area contributed by atoms with Gasteiger partial charge in [-0.25, -0.2) is 9.78 Å². The average Bonchev–Trinajstić information content (AvgIpc) is 2.34. The van der Waals surface area contributed by atoms with Gasteiger partial charge in [-0.2, -0.15) is 0 Å². The molecule has 1 aromatic heterocycles. The van der Waals surface area contributed by atoms with Crippen molar-refractivity contribution in [2.45, 2.75) is 0 Å². The fourth-order valence-corrected chi connectivity index (χ4v) is 1.83. The number of aromatic nitrogens is 1. The first-order valence-corrected chi connectivity index (χ1v) is 5.94. The zero-order valence-electron chi connectivity index (χ0n) is 9.52. The van der Waals surface area contributed by atoms with Crippen LogP contribution >= 0.6 is 23.2 Å². The van der Waals surface area contributed by atoms with Gasteiger partial charge >= 0.3 is 5.97 Å². The minimum atomic E-state index is -1.11. The summed E-state index contributed by atoms with van der Waals surface area (Å²) in [6.07, 6.45) is 1.44. The molecule has 4 N–H and O–H groups in total. The maximum atomic E-state index is 11.0. The number of anilines is 3. The molecule has 0 aliphatic carbocycles. The van der Waals surface area contributed by atoms with Crippen LogP contribution in [0.3, 0.4) is 0 Å². The van der Waals surface area contributed by atoms with Crippen molar-refractivity contribution >= 4 is 46.4 Å². The molecule has 0 bridgehead atoms. The summed E-state index contributed by atoms with van der Waals surface area (Å²) >= 11 is 11.5. The molecule has 0 aliphatic heterocycles. The Morgan fingerprint density at radius 3 is 2.68 bits per heavy atom. The van der Waals surface area contributed by atoms with Crippen molar-refractivity contribution in [1.29, 1.82) is 0 Å². The van der Waals surface area contributed by atoms with Gasteiger partial charge in [-0.3, -0.25) is 0 Å². The number of nitrogen functional groups attached to an aromatic ring is 1. The lowest BCUT2D eigenvalue weighted by Crippen LogP contribution is -2.02. The van der Waals surface area contributed by atoms with Crippen molar-refractivity contribution in [2.24, 2.45) is 0 Å². The van der Waals surface area contributed by atoms with Crippen LogP contribution in [0.2, 0.25) is 10.0 Å². The van der Waals surface area contributed by atoms with E-state index in [0.717, 1.165) is 0 Å². The number of carboxylic acid groups (broad SMARTS) is 1. The Hall–Kier alpha value is -1.98. The van der Waals surface area contributed by atoms with Crippen LogP contribution in [0.15, 0.2) is 30.5 Å². The highest BCUT2D eigenvalue weighted by molar-refractivity contribution is 6.33. The first-order chi connectivity index (χ1) is 8.97. The van der Waals surface area contributed by atoms with Crippen LogP contribution in [0.25, 0.3) is 0 Å². The summed E-state index contributed by atoms with van der Waals surface area (Å²) in [4.78, 5) is 15.0. The molecule has 0 saturated heterocycles. The first kappa shape index (κ1) is 13.5. The zero-order chi connectivity index (χ0) is 14.0. The molecule has 19 heavy (non-hydrogen) atoms. The van der Waals surface area contributed by atoms with Crippen molar-refractivity contribution in [2.75, 3.05) is 11.1 Å². The Labute approximate surface area is 119 Å². The monoisotopic (exact) mass is 297 g/mol. The van der Waals surface area contributed by atoms with Gasteiger partial charge in [-0.15, -0.1) is 0 Å². The Morgan fingerprint density at radius 1 is 1.32 bits per heavy atom. The second-order valence-corrected chi connectivity index (χ2v) is 4.56. The van der Waals surface area contributed by atoms with Crippen LogP contribution in [-0.2, 0) is 0 Å². The summed E-state index contributed by atoms with van der Waals surface area (Å²) in [5.74, 6) is -0.714. The van der Waals surface area contributed by atoms with Crippen LogP contribution in [0.1, 0.15) is 10.4 Å². The SMILES string of the molecule is Nc1cc(Cl)cnc1Nc1ccc(Cl)c(C(=O)O)c1. The lowest BCUT2D eigenvalue weighted by molar-refractivity contribution is 0.0697. The van der Waals surface area contributed by atoms with Gasteiger partial charge in [-0.05, 0) is 24.3 Å². The molecule has 1 aromatic carbocycles. The molecular weight excluding hydrogens is 289 g/mol. The van der Waals surface area contributed by atoms with Gasteiger partial charge < -0.3 is 16.2 Å². The van der Waals surface area contributed by atoms with E-state index in [4.69, 9.17) is 34.0 Å². The summed E-state index contributed by atoms with van der Waals surface area (Å²) in [5, 5.41) is 12.5. The number of nitrogens with two attached hydrogens (primary N) is 1. The summed E-state index contributed by atoms with van der Waals surface area (Å²) in [5.41, 5.74) is 6.62. The minimum Gasteiger partial charge on any atom is -0.478 e. The molecule has 0 atom stereocenters. The molecule has 2 rings (SSSR count). The van der Waals surface area contributed by atoms with Crippen LogP contribution in [0.4, 0.5) is 17.2 Å². The molecule has 0 radical (unpaired) electrons. The molecule has 0 unspecified atom stereocenters. The molecule has 7 heteroatoms. The quantitative estimate of drug-likeness (QED) is 0.808. The number of carboxylic acids is 1. The molecule has 0 saturated carbocycles. The second kappa shape index (κ2) is 5.34. The van der Waals surface area contributed by atoms with Gasteiger partial charge in [0.2, 0.25) is 0 Å². The van der Waals surface area contributed by atoms with E-state index >= 15 is 0 Å². The number of pyridine rings is 1. The van der Waals surface area contributed by atoms with E-state index in [9.17, 15) is 4.79 Å². The number of nitrogens with one attached hydrogen (secondary N) is 1. The second-order valence-electron chi connectivity index (χ2n) is 3.72. The lowest BCUT2D eigenvalue weighted by Gasteiger charge is -2.09. The van der Waals surface area contributed by atoms with Crippen molar-refractivity contribution < 1.29 is 9.90 Å². The van der Waals surface area contributed by atoms with Crippen LogP contribution < -0.4 is 11.1 Å². The highest BCUT2D eigenvalue weighted by Crippen LogP contribution is 2.26. The number of aromatic carboxylic acids is 1. The van der Waals surface area contributed by atoms with Crippen molar-refractivity contribution in [1.82, 2.24) is 4.98 Å². The smallest absolute Gasteiger partial charge is 0.337 e. The highest BCUT2D eigenvalue weighted by atomic mass is 35.5. The normalized spacial score (nSPS) is 10.2. The van der Waals surface area contributed by atoms with E-state index in [1.54, 1.807) is 12.1 Å². The lowest BCUT2D eigenvalue weighted by atomic mass is 10.2. The molecule has 0 fully saturated rings. The van der Waals surface area contributed by atoms with E-state index in [1.165, 1.54) is 18.3 Å². The molecule has 2 aromatic rings. The summed E-state index contributed by atoms with van der Waals surface area (Å²) in [6, 6.07) is 6.06. The van der Waals surface area contributed by atoms with E-state index in [0.29, 0.717) is 22.2 Å². The highest BCUT2D eigenvalue weighted by Gasteiger charge is 2.10. The largest absolute Gasteiger partial charge is 0.478 e. The topological polar surface area (TPSA) is 88.2 Å². The van der Waals surface area contributed by atoms with E-state index in [1.807, 2.05) is 0 Å². The maximum Gasteiger partial charge on any atom is 0.337 e. The molecule has 1 heterocycles. The number of halogens is 2. The Kier molecular flexibility index (Phi) is 3.78. The number of hydrogen-bond donors (Lipinski definition) is 3. The molecule has 0 aliphatic rings. The number of rotatable bonds is 3. The van der Waals surface area contributed by atoms with Gasteiger partial charge in [0.15, 0.2) is 5.82 Å². The van der Waals surface area contributed by atoms with Crippen molar-refractivity contribution in [3.8, 4) is 0 Å². The first-order valence-electron chi connectivity index (χ1n) is 5.18. The van der Waals surface area contributed by atoms with Crippen LogP contribution in [0.5, 0.6) is 0 Å². The Bertz CT molecular complexity index is 647. The summed E-state index contributed by atoms with van der Waals surface area (Å²) in [6.45, 7) is 0. The number of carbonyl (C=O) groups is 1. The summed E-state index contributed by atoms with van der Waals surface area (Å²) in [7, 11) is 0. The number of hydrogen-bond acceptors (Lipinski definition) is 4. The molecule has 98 valence electrons. The van der Waals surface area contributed by atoms with Crippen LogP contribution in [0, 0.1) is 0 Å². The minimum absolute atomic E-state index is 0.000739. The zero-order valence-corrected chi connectivity index (χ0v) is 11.0. The fraction of sp³-hybridized carbons (Fsp3) is 0. The van der Waals surface area contributed by atoms with Gasteiger partial charge in [0.1, 0.15) is 0 Å². The Balaban J connectivity index is 2.33. The molecular formula is C12H9Cl2N3O2. The third-order valence-electron chi connectivity index (χ3n) is 2.34. The Morgan fingerprint density at radius 2 is 2.05 bits per heavy atom. The predicted octanol–water partition coefficient (Wildman–Crippen LogP) is 3.41. The fourth-order valence-electron chi connectivity index (χ4n) is 1.46. The summed E-state index contributed by atoms with van der Waals surface area (Å²) < 4.78 is 0. The van der Waals surface area contributed by atoms with Gasteiger partial charge in [0, 0.05) is 11.9 Å². The number of benzene rings is 1. The van der Waals surface area contributed by atoms with Crippen molar-refractivity contribution in [3.05, 3.63) is 46.1 Å². The molecule has 0 amide bonds. The van der Waals surface area contributed by atoms with Crippen molar-refractivity contribution in [3.63, 3.8) is 0 Å². The predicted molar refractivity (Wildman–Crippen MR) is 75.4 cm³/mol. The van der Waals surface area contributed by atoms with E-state index in [2.05, 4.69) is 10.3 Å². The van der Waals surface area contributed by atoms with Gasteiger partial charge in [0.25, 0.3) is 0 Å². The third-order valence-corrected chi connectivity index (χ3v) is 2.88. The van der Waals surface area contributed by atoms with E-state index in [-0.39, 0.29) is 10.6 Å². The van der Waals surface area contributed by atoms with Crippen LogP contribution in [-0.4, -0.2) is 16.1 Å². The molecule has 5 nitrogen and oxygen atoms in total. The maximum absolute atomic E-state index is 11.0. The van der Waals surface area contributed by atoms with E-state index < -0.39 is 5.97 Å².